The Balaban J connectivity index is 2.00. The Hall–Kier alpha value is -2.90. The van der Waals surface area contributed by atoms with Gasteiger partial charge in [-0.05, 0) is 16.7 Å². The zero-order valence-electron chi connectivity index (χ0n) is 14.8. The Labute approximate surface area is 158 Å². The van der Waals surface area contributed by atoms with Crippen molar-refractivity contribution in [2.75, 3.05) is 0 Å². The van der Waals surface area contributed by atoms with Gasteiger partial charge in [-0.2, -0.15) is 0 Å². The van der Waals surface area contributed by atoms with E-state index in [4.69, 9.17) is 0 Å². The highest BCUT2D eigenvalue weighted by Crippen LogP contribution is 2.38. The van der Waals surface area contributed by atoms with Crippen molar-refractivity contribution < 1.29 is 0 Å². The number of benzene rings is 4. The standard InChI is InChI=1S/C25H22Si/c1-5-13-21(14-6-1)25(22-15-7-2-8-16-22,23-17-9-3-10-18-23)26-24-19-11-4-12-20-24/h1-20H,26H2. The molecule has 0 radical (unpaired) electrons. The lowest BCUT2D eigenvalue weighted by Crippen LogP contribution is -2.42. The Morgan fingerprint density at radius 3 is 1.04 bits per heavy atom. The van der Waals surface area contributed by atoms with Gasteiger partial charge in [0, 0.05) is 5.04 Å². The van der Waals surface area contributed by atoms with E-state index in [2.05, 4.69) is 121 Å². The van der Waals surface area contributed by atoms with E-state index >= 15 is 0 Å². The molecule has 0 aliphatic rings. The molecule has 0 fully saturated rings. The molecule has 4 aromatic rings. The molecule has 0 saturated carbocycles. The van der Waals surface area contributed by atoms with E-state index in [9.17, 15) is 0 Å². The van der Waals surface area contributed by atoms with Crippen molar-refractivity contribution in [2.24, 2.45) is 0 Å². The minimum absolute atomic E-state index is 0.0782. The highest BCUT2D eigenvalue weighted by molar-refractivity contribution is 6.58. The maximum atomic E-state index is 2.29. The van der Waals surface area contributed by atoms with Crippen LogP contribution in [0.5, 0.6) is 0 Å². The minimum Gasteiger partial charge on any atom is -0.0651 e. The van der Waals surface area contributed by atoms with Crippen LogP contribution in [0, 0.1) is 0 Å². The maximum Gasteiger partial charge on any atom is 0.0772 e. The molecular weight excluding hydrogens is 328 g/mol. The zero-order chi connectivity index (χ0) is 17.7. The first-order valence-electron chi connectivity index (χ1n) is 9.10. The van der Waals surface area contributed by atoms with Gasteiger partial charge in [0.05, 0.1) is 9.52 Å². The van der Waals surface area contributed by atoms with E-state index in [0.29, 0.717) is 0 Å². The van der Waals surface area contributed by atoms with Gasteiger partial charge in [0.2, 0.25) is 0 Å². The van der Waals surface area contributed by atoms with Crippen LogP contribution >= 0.6 is 0 Å². The second kappa shape index (κ2) is 7.55. The highest BCUT2D eigenvalue weighted by Gasteiger charge is 2.36. The molecule has 4 aromatic carbocycles. The van der Waals surface area contributed by atoms with Gasteiger partial charge in [0.15, 0.2) is 0 Å². The molecule has 0 N–H and O–H groups in total. The van der Waals surface area contributed by atoms with Crippen molar-refractivity contribution in [3.63, 3.8) is 0 Å². The van der Waals surface area contributed by atoms with Gasteiger partial charge >= 0.3 is 0 Å². The summed E-state index contributed by atoms with van der Waals surface area (Å²) in [4.78, 5) is 0. The molecule has 0 aliphatic carbocycles. The molecule has 126 valence electrons. The summed E-state index contributed by atoms with van der Waals surface area (Å²) in [6, 6.07) is 44.0. The van der Waals surface area contributed by atoms with Crippen LogP contribution in [-0.2, 0) is 5.04 Å². The monoisotopic (exact) mass is 350 g/mol. The largest absolute Gasteiger partial charge is 0.0772 e. The molecule has 26 heavy (non-hydrogen) atoms. The van der Waals surface area contributed by atoms with Gasteiger partial charge in [-0.15, -0.1) is 0 Å². The summed E-state index contributed by atoms with van der Waals surface area (Å²) in [6.07, 6.45) is 0. The van der Waals surface area contributed by atoms with Crippen LogP contribution in [0.3, 0.4) is 0 Å². The molecule has 0 amide bonds. The van der Waals surface area contributed by atoms with Crippen LogP contribution in [0.1, 0.15) is 16.7 Å². The Bertz CT molecular complexity index is 836. The molecule has 0 aliphatic heterocycles. The number of hydrogen-bond donors (Lipinski definition) is 0. The molecule has 0 nitrogen and oxygen atoms in total. The summed E-state index contributed by atoms with van der Waals surface area (Å²) < 4.78 is 0. The van der Waals surface area contributed by atoms with Crippen molar-refractivity contribution in [1.29, 1.82) is 0 Å². The lowest BCUT2D eigenvalue weighted by molar-refractivity contribution is 0.869. The number of rotatable bonds is 5. The van der Waals surface area contributed by atoms with Gasteiger partial charge in [0.1, 0.15) is 0 Å². The number of hydrogen-bond acceptors (Lipinski definition) is 0. The van der Waals surface area contributed by atoms with Gasteiger partial charge in [-0.25, -0.2) is 0 Å². The average Bonchev–Trinajstić information content (AvgIpc) is 2.75. The van der Waals surface area contributed by atoms with Crippen LogP contribution in [0.25, 0.3) is 0 Å². The zero-order valence-corrected chi connectivity index (χ0v) is 16.2. The molecule has 0 spiro atoms. The topological polar surface area (TPSA) is 0 Å². The van der Waals surface area contributed by atoms with E-state index in [1.54, 1.807) is 0 Å². The summed E-state index contributed by atoms with van der Waals surface area (Å²) in [5.74, 6) is 0. The van der Waals surface area contributed by atoms with Crippen molar-refractivity contribution in [2.45, 2.75) is 5.04 Å². The predicted molar refractivity (Wildman–Crippen MR) is 114 cm³/mol. The quantitative estimate of drug-likeness (QED) is 0.368. The first kappa shape index (κ1) is 16.6. The fourth-order valence-electron chi connectivity index (χ4n) is 3.88. The van der Waals surface area contributed by atoms with E-state index < -0.39 is 9.52 Å². The molecule has 0 heterocycles. The summed E-state index contributed by atoms with van der Waals surface area (Å²) in [5.41, 5.74) is 4.15. The molecule has 1 heteroatoms. The fraction of sp³-hybridized carbons (Fsp3) is 0.0400. The van der Waals surface area contributed by atoms with Crippen molar-refractivity contribution in [3.05, 3.63) is 138 Å². The van der Waals surface area contributed by atoms with E-state index in [-0.39, 0.29) is 5.04 Å². The molecule has 4 rings (SSSR count). The first-order chi connectivity index (χ1) is 12.9. The molecule has 0 unspecified atom stereocenters. The van der Waals surface area contributed by atoms with Gasteiger partial charge in [0.25, 0.3) is 0 Å². The highest BCUT2D eigenvalue weighted by atomic mass is 28.2. The predicted octanol–water partition coefficient (Wildman–Crippen LogP) is 4.47. The normalized spacial score (nSPS) is 11.7. The Morgan fingerprint density at radius 1 is 0.385 bits per heavy atom. The third-order valence-corrected chi connectivity index (χ3v) is 7.75. The second-order valence-corrected chi connectivity index (χ2v) is 8.90. The smallest absolute Gasteiger partial charge is 0.0651 e. The van der Waals surface area contributed by atoms with Crippen molar-refractivity contribution in [1.82, 2.24) is 0 Å². The summed E-state index contributed by atoms with van der Waals surface area (Å²) in [7, 11) is -0.699. The molecular formula is C25H22Si. The van der Waals surface area contributed by atoms with Crippen LogP contribution in [0.15, 0.2) is 121 Å². The Kier molecular flexibility index (Phi) is 4.81. The lowest BCUT2D eigenvalue weighted by atomic mass is 9.84. The SMILES string of the molecule is c1ccc([SiH2]C(c2ccccc2)(c2ccccc2)c2ccccc2)cc1. The van der Waals surface area contributed by atoms with Crippen LogP contribution < -0.4 is 5.19 Å². The second-order valence-electron chi connectivity index (χ2n) is 6.67. The van der Waals surface area contributed by atoms with Crippen LogP contribution in [0.2, 0.25) is 0 Å². The van der Waals surface area contributed by atoms with E-state index in [1.165, 1.54) is 21.9 Å². The summed E-state index contributed by atoms with van der Waals surface area (Å²) in [5, 5.41) is 1.40. The van der Waals surface area contributed by atoms with Gasteiger partial charge in [-0.3, -0.25) is 0 Å². The maximum absolute atomic E-state index is 2.29. The average molecular weight is 351 g/mol. The van der Waals surface area contributed by atoms with Crippen molar-refractivity contribution in [3.8, 4) is 0 Å². The third kappa shape index (κ3) is 3.14. The molecule has 0 bridgehead atoms. The van der Waals surface area contributed by atoms with E-state index in [1.807, 2.05) is 0 Å². The van der Waals surface area contributed by atoms with Gasteiger partial charge < -0.3 is 0 Å². The molecule has 0 aromatic heterocycles. The van der Waals surface area contributed by atoms with Gasteiger partial charge in [-0.1, -0.05) is 127 Å². The first-order valence-corrected chi connectivity index (χ1v) is 10.5. The van der Waals surface area contributed by atoms with E-state index in [0.717, 1.165) is 0 Å². The Morgan fingerprint density at radius 2 is 0.692 bits per heavy atom. The van der Waals surface area contributed by atoms with Crippen LogP contribution in [-0.4, -0.2) is 9.52 Å². The lowest BCUT2D eigenvalue weighted by Gasteiger charge is -2.36. The van der Waals surface area contributed by atoms with Crippen LogP contribution in [0.4, 0.5) is 0 Å². The van der Waals surface area contributed by atoms with Crippen molar-refractivity contribution >= 4 is 14.7 Å². The minimum atomic E-state index is -0.699. The summed E-state index contributed by atoms with van der Waals surface area (Å²) >= 11 is 0. The third-order valence-electron chi connectivity index (χ3n) is 5.11. The fourth-order valence-corrected chi connectivity index (χ4v) is 6.32. The summed E-state index contributed by atoms with van der Waals surface area (Å²) in [6.45, 7) is 0. The molecule has 0 saturated heterocycles. The molecule has 0 atom stereocenters.